The van der Waals surface area contributed by atoms with E-state index >= 15 is 0 Å². The second-order valence-corrected chi connectivity index (χ2v) is 32.3. The van der Waals surface area contributed by atoms with Crippen molar-refractivity contribution in [2.24, 2.45) is 23.7 Å². The van der Waals surface area contributed by atoms with Crippen LogP contribution < -0.4 is 0 Å². The Kier molecular flexibility index (Phi) is 65.0. The molecule has 6 atom stereocenters. The van der Waals surface area contributed by atoms with Crippen LogP contribution in [0.2, 0.25) is 0 Å². The third kappa shape index (κ3) is 69.2. The first-order valence-corrected chi connectivity index (χ1v) is 42.7. The number of phosphoric ester groups is 2. The van der Waals surface area contributed by atoms with Crippen LogP contribution in [0.15, 0.2) is 0 Å². The van der Waals surface area contributed by atoms with Gasteiger partial charge in [0, 0.05) is 25.7 Å². The maximum absolute atomic E-state index is 13.1. The standard InChI is InChI=1S/C77H150O17P2/c1-9-70(8)56-48-40-31-25-21-16-14-12-10-11-13-15-17-23-27-33-43-51-59-76(81)93-73(64-88-75(80)58-50-42-36-35-39-47-55-69(6)7)66-92-96(85,86)90-62-71(78)61-89-95(83,84)91-65-72(94-77(82)60-52-44-34-28-30-38-46-54-68(4)5)63-87-74(79)57-49-41-32-26-22-19-18-20-24-29-37-45-53-67(2)3/h67-73,78H,9-66H2,1-8H3,(H,83,84)(H,85,86)/t70?,71-,72-,73-/m1/s1. The van der Waals surface area contributed by atoms with Gasteiger partial charge in [-0.1, -0.05) is 338 Å². The molecular formula is C77H150O17P2. The largest absolute Gasteiger partial charge is 0.472 e. The van der Waals surface area contributed by atoms with Gasteiger partial charge in [0.2, 0.25) is 0 Å². The number of ether oxygens (including phenoxy) is 4. The van der Waals surface area contributed by atoms with Crippen molar-refractivity contribution in [3.05, 3.63) is 0 Å². The lowest BCUT2D eigenvalue weighted by molar-refractivity contribution is -0.161. The number of rotatable bonds is 74. The molecule has 0 saturated carbocycles. The van der Waals surface area contributed by atoms with Crippen molar-refractivity contribution in [3.8, 4) is 0 Å². The number of carbonyl (C=O) groups excluding carboxylic acids is 4. The van der Waals surface area contributed by atoms with Gasteiger partial charge in [-0.05, 0) is 49.4 Å². The number of aliphatic hydroxyl groups excluding tert-OH is 1. The van der Waals surface area contributed by atoms with E-state index in [2.05, 4.69) is 55.4 Å². The number of hydrogen-bond acceptors (Lipinski definition) is 15. The Labute approximate surface area is 588 Å². The highest BCUT2D eigenvalue weighted by atomic mass is 31.2. The van der Waals surface area contributed by atoms with Gasteiger partial charge >= 0.3 is 39.5 Å². The molecule has 17 nitrogen and oxygen atoms in total. The Morgan fingerprint density at radius 1 is 0.292 bits per heavy atom. The van der Waals surface area contributed by atoms with Crippen LogP contribution in [0, 0.1) is 23.7 Å². The van der Waals surface area contributed by atoms with Crippen LogP contribution in [0.1, 0.15) is 389 Å². The molecule has 0 aliphatic carbocycles. The predicted molar refractivity (Wildman–Crippen MR) is 391 cm³/mol. The molecular weight excluding hydrogens is 1260 g/mol. The minimum absolute atomic E-state index is 0.103. The summed E-state index contributed by atoms with van der Waals surface area (Å²) < 4.78 is 68.4. The zero-order valence-corrected chi connectivity index (χ0v) is 64.8. The van der Waals surface area contributed by atoms with Gasteiger partial charge in [0.1, 0.15) is 19.3 Å². The second-order valence-electron chi connectivity index (χ2n) is 29.4. The van der Waals surface area contributed by atoms with Crippen LogP contribution in [0.5, 0.6) is 0 Å². The number of carbonyl (C=O) groups is 4. The molecule has 3 N–H and O–H groups in total. The fourth-order valence-corrected chi connectivity index (χ4v) is 13.3. The lowest BCUT2D eigenvalue weighted by Crippen LogP contribution is -2.30. The van der Waals surface area contributed by atoms with Crippen molar-refractivity contribution in [1.82, 2.24) is 0 Å². The molecule has 0 rings (SSSR count). The molecule has 0 radical (unpaired) electrons. The predicted octanol–water partition coefficient (Wildman–Crippen LogP) is 22.4. The molecule has 0 spiro atoms. The molecule has 96 heavy (non-hydrogen) atoms. The van der Waals surface area contributed by atoms with E-state index in [0.29, 0.717) is 37.5 Å². The first-order valence-electron chi connectivity index (χ1n) is 39.7. The summed E-state index contributed by atoms with van der Waals surface area (Å²) in [6, 6.07) is 0. The van der Waals surface area contributed by atoms with Crippen molar-refractivity contribution < 1.29 is 80.2 Å². The Morgan fingerprint density at radius 2 is 0.500 bits per heavy atom. The summed E-state index contributed by atoms with van der Waals surface area (Å²) >= 11 is 0. The van der Waals surface area contributed by atoms with Gasteiger partial charge in [0.25, 0.3) is 0 Å². The summed E-state index contributed by atoms with van der Waals surface area (Å²) in [6.07, 6.45) is 51.7. The molecule has 19 heteroatoms. The maximum Gasteiger partial charge on any atom is 0.472 e. The van der Waals surface area contributed by atoms with E-state index in [0.717, 1.165) is 108 Å². The van der Waals surface area contributed by atoms with Crippen LogP contribution in [0.4, 0.5) is 0 Å². The van der Waals surface area contributed by atoms with Gasteiger partial charge in [-0.3, -0.25) is 37.3 Å². The van der Waals surface area contributed by atoms with Crippen molar-refractivity contribution in [2.75, 3.05) is 39.6 Å². The topological polar surface area (TPSA) is 237 Å². The minimum Gasteiger partial charge on any atom is -0.462 e. The SMILES string of the molecule is CCC(C)CCCCCCCCCCCCCCCCCCCCC(=O)O[C@H](COC(=O)CCCCCCCCC(C)C)COP(=O)(O)OC[C@H](O)COP(=O)(O)OC[C@@H](COC(=O)CCCCCCCCCCCCCCC(C)C)OC(=O)CCCCCCCCCC(C)C. The highest BCUT2D eigenvalue weighted by Gasteiger charge is 2.30. The van der Waals surface area contributed by atoms with Crippen LogP contribution in [-0.2, 0) is 65.4 Å². The van der Waals surface area contributed by atoms with E-state index in [1.165, 1.54) is 186 Å². The average molecular weight is 1410 g/mol. The number of unbranched alkanes of at least 4 members (excludes halogenated alkanes) is 39. The Balaban J connectivity index is 5.13. The third-order valence-electron chi connectivity index (χ3n) is 18.2. The molecule has 0 aromatic rings. The van der Waals surface area contributed by atoms with E-state index in [9.17, 15) is 43.2 Å². The zero-order valence-electron chi connectivity index (χ0n) is 63.0. The molecule has 0 amide bonds. The van der Waals surface area contributed by atoms with E-state index in [4.69, 9.17) is 37.0 Å². The van der Waals surface area contributed by atoms with Gasteiger partial charge in [0.15, 0.2) is 12.2 Å². The van der Waals surface area contributed by atoms with E-state index < -0.39 is 97.5 Å². The first kappa shape index (κ1) is 94.1. The monoisotopic (exact) mass is 1410 g/mol. The minimum atomic E-state index is -4.96. The molecule has 0 saturated heterocycles. The van der Waals surface area contributed by atoms with Gasteiger partial charge in [-0.25, -0.2) is 9.13 Å². The van der Waals surface area contributed by atoms with Crippen molar-refractivity contribution in [1.29, 1.82) is 0 Å². The van der Waals surface area contributed by atoms with Crippen molar-refractivity contribution >= 4 is 39.5 Å². The normalized spacial score (nSPS) is 14.4. The number of esters is 4. The average Bonchev–Trinajstić information content (AvgIpc) is 1.39. The van der Waals surface area contributed by atoms with E-state index in [-0.39, 0.29) is 25.7 Å². The van der Waals surface area contributed by atoms with Crippen LogP contribution in [0.3, 0.4) is 0 Å². The van der Waals surface area contributed by atoms with Gasteiger partial charge in [0.05, 0.1) is 26.4 Å². The fourth-order valence-electron chi connectivity index (χ4n) is 11.7. The molecule has 0 bridgehead atoms. The molecule has 570 valence electrons. The quantitative estimate of drug-likeness (QED) is 0.0222. The van der Waals surface area contributed by atoms with Gasteiger partial charge in [-0.15, -0.1) is 0 Å². The molecule has 0 aromatic carbocycles. The third-order valence-corrected chi connectivity index (χ3v) is 20.1. The zero-order chi connectivity index (χ0) is 71.0. The van der Waals surface area contributed by atoms with Gasteiger partial charge in [-0.2, -0.15) is 0 Å². The summed E-state index contributed by atoms with van der Waals surface area (Å²) in [4.78, 5) is 72.7. The number of aliphatic hydroxyl groups is 1. The smallest absolute Gasteiger partial charge is 0.462 e. The Bertz CT molecular complexity index is 1890. The number of phosphoric acid groups is 2. The fraction of sp³-hybridized carbons (Fsp3) is 0.948. The molecule has 0 heterocycles. The van der Waals surface area contributed by atoms with Crippen LogP contribution in [-0.4, -0.2) is 96.7 Å². The summed E-state index contributed by atoms with van der Waals surface area (Å²) in [6.45, 7) is 14.1. The summed E-state index contributed by atoms with van der Waals surface area (Å²) in [5.74, 6) is 0.903. The molecule has 0 aliphatic heterocycles. The van der Waals surface area contributed by atoms with Crippen LogP contribution in [0.25, 0.3) is 0 Å². The Hall–Kier alpha value is -1.94. The molecule has 0 aliphatic rings. The Morgan fingerprint density at radius 3 is 0.740 bits per heavy atom. The molecule has 0 fully saturated rings. The van der Waals surface area contributed by atoms with E-state index in [1.54, 1.807) is 0 Å². The highest BCUT2D eigenvalue weighted by Crippen LogP contribution is 2.45. The summed E-state index contributed by atoms with van der Waals surface area (Å²) in [5.41, 5.74) is 0. The lowest BCUT2D eigenvalue weighted by Gasteiger charge is -2.21. The van der Waals surface area contributed by atoms with E-state index in [1.807, 2.05) is 0 Å². The van der Waals surface area contributed by atoms with Gasteiger partial charge < -0.3 is 33.8 Å². The maximum atomic E-state index is 13.1. The summed E-state index contributed by atoms with van der Waals surface area (Å²) in [5, 5.41) is 10.6. The summed E-state index contributed by atoms with van der Waals surface area (Å²) in [7, 11) is -9.91. The second kappa shape index (κ2) is 66.3. The lowest BCUT2D eigenvalue weighted by atomic mass is 9.99. The number of hydrogen-bond donors (Lipinski definition) is 3. The van der Waals surface area contributed by atoms with Crippen molar-refractivity contribution in [2.45, 2.75) is 408 Å². The van der Waals surface area contributed by atoms with Crippen molar-refractivity contribution in [3.63, 3.8) is 0 Å². The molecule has 3 unspecified atom stereocenters. The highest BCUT2D eigenvalue weighted by molar-refractivity contribution is 7.47. The first-order chi connectivity index (χ1) is 46.1. The van der Waals surface area contributed by atoms with Crippen LogP contribution >= 0.6 is 15.6 Å². The molecule has 0 aromatic heterocycles.